The molecule has 2 heterocycles. The summed E-state index contributed by atoms with van der Waals surface area (Å²) in [6.07, 6.45) is 0.555. The number of anilines is 1. The normalized spacial score (nSPS) is 18.3. The largest absolute Gasteiger partial charge is 0.444 e. The number of halogens is 1. The number of benzene rings is 1. The van der Waals surface area contributed by atoms with Gasteiger partial charge in [-0.3, -0.25) is 0 Å². The Hall–Kier alpha value is -1.46. The van der Waals surface area contributed by atoms with E-state index in [1.165, 1.54) is 11.3 Å². The highest BCUT2D eigenvalue weighted by Crippen LogP contribution is 2.33. The molecule has 1 amide bonds. The van der Waals surface area contributed by atoms with Crippen molar-refractivity contribution in [1.29, 1.82) is 0 Å². The van der Waals surface area contributed by atoms with Crippen LogP contribution in [0.1, 0.15) is 31.9 Å². The summed E-state index contributed by atoms with van der Waals surface area (Å²) in [5.41, 5.74) is 3.11. The molecule has 3 rings (SSSR count). The summed E-state index contributed by atoms with van der Waals surface area (Å²) < 4.78 is 10.9. The van der Waals surface area contributed by atoms with Gasteiger partial charge < -0.3 is 19.3 Å². The number of carbonyl (C=O) groups is 1. The summed E-state index contributed by atoms with van der Waals surface area (Å²) in [5, 5.41) is 0.710. The minimum Gasteiger partial charge on any atom is -0.444 e. The highest BCUT2D eigenvalue weighted by atomic mass is 35.5. The van der Waals surface area contributed by atoms with E-state index in [-0.39, 0.29) is 6.09 Å². The summed E-state index contributed by atoms with van der Waals surface area (Å²) in [5.74, 6) is 0. The zero-order valence-electron chi connectivity index (χ0n) is 14.6. The molecule has 132 valence electrons. The van der Waals surface area contributed by atoms with Crippen LogP contribution in [0.15, 0.2) is 12.1 Å². The molecule has 0 saturated carbocycles. The molecule has 2 aliphatic rings. The number of morpholine rings is 1. The van der Waals surface area contributed by atoms with E-state index < -0.39 is 5.60 Å². The van der Waals surface area contributed by atoms with Gasteiger partial charge in [-0.1, -0.05) is 11.6 Å². The Morgan fingerprint density at radius 3 is 2.58 bits per heavy atom. The third kappa shape index (κ3) is 3.95. The Bertz CT molecular complexity index is 621. The molecule has 1 aromatic rings. The van der Waals surface area contributed by atoms with Crippen molar-refractivity contribution >= 4 is 23.4 Å². The van der Waals surface area contributed by atoms with Crippen LogP contribution in [0, 0.1) is 0 Å². The monoisotopic (exact) mass is 352 g/mol. The second-order valence-corrected chi connectivity index (χ2v) is 7.75. The number of amides is 1. The van der Waals surface area contributed by atoms with Gasteiger partial charge in [-0.15, -0.1) is 0 Å². The quantitative estimate of drug-likeness (QED) is 0.776. The second-order valence-electron chi connectivity index (χ2n) is 7.31. The lowest BCUT2D eigenvalue weighted by Gasteiger charge is -2.36. The van der Waals surface area contributed by atoms with Crippen molar-refractivity contribution in [1.82, 2.24) is 4.90 Å². The number of ether oxygens (including phenoxy) is 2. The summed E-state index contributed by atoms with van der Waals surface area (Å²) in [6.45, 7) is 10.1. The maximum absolute atomic E-state index is 12.3. The van der Waals surface area contributed by atoms with Gasteiger partial charge in [0, 0.05) is 36.9 Å². The third-order valence-electron chi connectivity index (χ3n) is 4.28. The number of nitrogens with zero attached hydrogens (tertiary/aromatic N) is 2. The fourth-order valence-electron chi connectivity index (χ4n) is 3.21. The lowest BCUT2D eigenvalue weighted by Crippen LogP contribution is -2.41. The molecule has 0 unspecified atom stereocenters. The van der Waals surface area contributed by atoms with Crippen molar-refractivity contribution in [2.45, 2.75) is 39.3 Å². The van der Waals surface area contributed by atoms with Gasteiger partial charge in [0.05, 0.1) is 13.2 Å². The fourth-order valence-corrected chi connectivity index (χ4v) is 3.44. The van der Waals surface area contributed by atoms with Crippen LogP contribution in [-0.2, 0) is 22.4 Å². The SMILES string of the molecule is CC(C)(C)OC(=O)N1CCc2c(cc(Cl)cc2N2CCOCC2)C1. The van der Waals surface area contributed by atoms with Gasteiger partial charge in [0.2, 0.25) is 0 Å². The predicted octanol–water partition coefficient (Wildman–Crippen LogP) is 3.47. The van der Waals surface area contributed by atoms with Crippen molar-refractivity contribution in [2.75, 3.05) is 37.7 Å². The van der Waals surface area contributed by atoms with E-state index in [2.05, 4.69) is 4.90 Å². The molecular formula is C18H25ClN2O3. The van der Waals surface area contributed by atoms with E-state index in [0.29, 0.717) is 18.1 Å². The molecule has 5 nitrogen and oxygen atoms in total. The minimum atomic E-state index is -0.481. The Morgan fingerprint density at radius 2 is 1.92 bits per heavy atom. The maximum atomic E-state index is 12.3. The van der Waals surface area contributed by atoms with E-state index in [1.54, 1.807) is 4.90 Å². The highest BCUT2D eigenvalue weighted by Gasteiger charge is 2.28. The van der Waals surface area contributed by atoms with Crippen LogP contribution < -0.4 is 4.90 Å². The first-order valence-electron chi connectivity index (χ1n) is 8.45. The molecule has 0 bridgehead atoms. The van der Waals surface area contributed by atoms with Crippen LogP contribution >= 0.6 is 11.6 Å². The summed E-state index contributed by atoms with van der Waals surface area (Å²) >= 11 is 6.34. The Kier molecular flexibility index (Phi) is 4.92. The molecule has 1 fully saturated rings. The smallest absolute Gasteiger partial charge is 0.410 e. The minimum absolute atomic E-state index is 0.263. The summed E-state index contributed by atoms with van der Waals surface area (Å²) in [4.78, 5) is 16.4. The number of carbonyl (C=O) groups excluding carboxylic acids is 1. The van der Waals surface area contributed by atoms with Crippen LogP contribution in [-0.4, -0.2) is 49.4 Å². The van der Waals surface area contributed by atoms with Crippen LogP contribution in [0.5, 0.6) is 0 Å². The van der Waals surface area contributed by atoms with E-state index in [0.717, 1.165) is 38.3 Å². The zero-order valence-corrected chi connectivity index (χ0v) is 15.4. The fraction of sp³-hybridized carbons (Fsp3) is 0.611. The topological polar surface area (TPSA) is 42.0 Å². The highest BCUT2D eigenvalue weighted by molar-refractivity contribution is 6.31. The number of rotatable bonds is 1. The van der Waals surface area contributed by atoms with E-state index in [1.807, 2.05) is 32.9 Å². The first-order valence-corrected chi connectivity index (χ1v) is 8.83. The van der Waals surface area contributed by atoms with Gasteiger partial charge in [0.25, 0.3) is 0 Å². The lowest BCUT2D eigenvalue weighted by atomic mass is 9.97. The van der Waals surface area contributed by atoms with Gasteiger partial charge in [-0.2, -0.15) is 0 Å². The summed E-state index contributed by atoms with van der Waals surface area (Å²) in [6, 6.07) is 4.01. The molecule has 0 N–H and O–H groups in total. The Labute approximate surface area is 148 Å². The second kappa shape index (κ2) is 6.81. The molecule has 1 saturated heterocycles. The average molecular weight is 353 g/mol. The van der Waals surface area contributed by atoms with Gasteiger partial charge >= 0.3 is 6.09 Å². The molecule has 0 aromatic heterocycles. The van der Waals surface area contributed by atoms with Gasteiger partial charge in [-0.25, -0.2) is 4.79 Å². The molecule has 2 aliphatic heterocycles. The standard InChI is InChI=1S/C18H25ClN2O3/c1-18(2,3)24-17(22)21-5-4-15-13(12-21)10-14(19)11-16(15)20-6-8-23-9-7-20/h10-11H,4-9,12H2,1-3H3. The van der Waals surface area contributed by atoms with Gasteiger partial charge in [-0.05, 0) is 50.5 Å². The molecule has 0 radical (unpaired) electrons. The van der Waals surface area contributed by atoms with Crippen LogP contribution in [0.3, 0.4) is 0 Å². The molecule has 6 heteroatoms. The van der Waals surface area contributed by atoms with E-state index in [4.69, 9.17) is 21.1 Å². The number of fused-ring (bicyclic) bond motifs is 1. The van der Waals surface area contributed by atoms with Crippen LogP contribution in [0.25, 0.3) is 0 Å². The van der Waals surface area contributed by atoms with Crippen LogP contribution in [0.4, 0.5) is 10.5 Å². The van der Waals surface area contributed by atoms with Crippen LogP contribution in [0.2, 0.25) is 5.02 Å². The molecule has 0 aliphatic carbocycles. The molecular weight excluding hydrogens is 328 g/mol. The van der Waals surface area contributed by atoms with Gasteiger partial charge in [0.15, 0.2) is 0 Å². The zero-order chi connectivity index (χ0) is 17.3. The molecule has 1 aromatic carbocycles. The van der Waals surface area contributed by atoms with Crippen molar-refractivity contribution in [3.63, 3.8) is 0 Å². The maximum Gasteiger partial charge on any atom is 0.410 e. The Morgan fingerprint density at radius 1 is 1.21 bits per heavy atom. The van der Waals surface area contributed by atoms with Crippen molar-refractivity contribution in [3.05, 3.63) is 28.3 Å². The molecule has 24 heavy (non-hydrogen) atoms. The van der Waals surface area contributed by atoms with Crippen molar-refractivity contribution in [3.8, 4) is 0 Å². The van der Waals surface area contributed by atoms with E-state index >= 15 is 0 Å². The van der Waals surface area contributed by atoms with Crippen molar-refractivity contribution < 1.29 is 14.3 Å². The molecule has 0 spiro atoms. The first kappa shape index (κ1) is 17.4. The summed E-state index contributed by atoms with van der Waals surface area (Å²) in [7, 11) is 0. The average Bonchev–Trinajstić information content (AvgIpc) is 2.52. The third-order valence-corrected chi connectivity index (χ3v) is 4.50. The molecule has 0 atom stereocenters. The first-order chi connectivity index (χ1) is 11.3. The van der Waals surface area contributed by atoms with E-state index in [9.17, 15) is 4.79 Å². The predicted molar refractivity (Wildman–Crippen MR) is 94.8 cm³/mol. The number of hydrogen-bond acceptors (Lipinski definition) is 4. The van der Waals surface area contributed by atoms with Crippen molar-refractivity contribution in [2.24, 2.45) is 0 Å². The number of hydrogen-bond donors (Lipinski definition) is 0. The Balaban J connectivity index is 1.81. The lowest BCUT2D eigenvalue weighted by molar-refractivity contribution is 0.0224. The van der Waals surface area contributed by atoms with Gasteiger partial charge in [0.1, 0.15) is 5.60 Å².